The average Bonchev–Trinajstić information content (AvgIpc) is 2.98. The van der Waals surface area contributed by atoms with E-state index in [0.717, 1.165) is 34.8 Å². The first kappa shape index (κ1) is 16.2. The summed E-state index contributed by atoms with van der Waals surface area (Å²) in [6.45, 7) is 7.33. The molecule has 0 spiro atoms. The third-order valence-corrected chi connectivity index (χ3v) is 4.85. The number of rotatable bonds is 4. The summed E-state index contributed by atoms with van der Waals surface area (Å²) in [5.41, 5.74) is 5.98. The number of aromatic amines is 1. The van der Waals surface area contributed by atoms with Crippen LogP contribution in [0.4, 0.5) is 0 Å². The molecular formula is C21H21ClN2O. The second-order valence-electron chi connectivity index (χ2n) is 6.66. The summed E-state index contributed by atoms with van der Waals surface area (Å²) in [4.78, 5) is 3.58. The highest BCUT2D eigenvalue weighted by atomic mass is 35.5. The van der Waals surface area contributed by atoms with Gasteiger partial charge in [0.25, 0.3) is 0 Å². The lowest BCUT2D eigenvalue weighted by atomic mass is 9.94. The van der Waals surface area contributed by atoms with Gasteiger partial charge in [-0.3, -0.25) is 0 Å². The molecule has 3 nitrogen and oxygen atoms in total. The topological polar surface area (TPSA) is 37.0 Å². The zero-order valence-electron chi connectivity index (χ0n) is 14.2. The van der Waals surface area contributed by atoms with Gasteiger partial charge in [-0.15, -0.1) is 0 Å². The van der Waals surface area contributed by atoms with Crippen molar-refractivity contribution in [1.29, 1.82) is 0 Å². The summed E-state index contributed by atoms with van der Waals surface area (Å²) < 4.78 is 5.70. The summed E-state index contributed by atoms with van der Waals surface area (Å²) in [7, 11) is 0. The standard InChI is InChI=1S/C21H21ClN2O/c1-13(2)12-25-16-6-3-14(4-7-16)20-21-17(9-10-23-20)18-11-15(22)5-8-19(18)24-21/h3-8,11,20,23-24H,1,9-10,12H2,2H3. The summed E-state index contributed by atoms with van der Waals surface area (Å²) >= 11 is 6.19. The van der Waals surface area contributed by atoms with Crippen LogP contribution in [0, 0.1) is 0 Å². The van der Waals surface area contributed by atoms with Crippen molar-refractivity contribution in [3.63, 3.8) is 0 Å². The number of ether oxygens (including phenoxy) is 1. The van der Waals surface area contributed by atoms with Crippen molar-refractivity contribution in [3.05, 3.63) is 76.5 Å². The van der Waals surface area contributed by atoms with Crippen LogP contribution in [0.2, 0.25) is 5.02 Å². The molecule has 1 aliphatic rings. The first-order valence-electron chi connectivity index (χ1n) is 8.52. The maximum atomic E-state index is 6.19. The Morgan fingerprint density at radius 2 is 2.04 bits per heavy atom. The molecule has 0 fully saturated rings. The molecule has 3 aromatic rings. The molecule has 0 amide bonds. The van der Waals surface area contributed by atoms with E-state index in [1.54, 1.807) is 0 Å². The summed E-state index contributed by atoms with van der Waals surface area (Å²) in [6, 6.07) is 14.5. The molecule has 0 saturated carbocycles. The fourth-order valence-electron chi connectivity index (χ4n) is 3.45. The maximum absolute atomic E-state index is 6.19. The molecule has 1 unspecified atom stereocenters. The van der Waals surface area contributed by atoms with Crippen molar-refractivity contribution in [2.45, 2.75) is 19.4 Å². The van der Waals surface area contributed by atoms with Gasteiger partial charge in [-0.25, -0.2) is 0 Å². The average molecular weight is 353 g/mol. The van der Waals surface area contributed by atoms with Gasteiger partial charge in [-0.2, -0.15) is 0 Å². The maximum Gasteiger partial charge on any atom is 0.119 e. The van der Waals surface area contributed by atoms with E-state index in [1.807, 2.05) is 25.1 Å². The molecular weight excluding hydrogens is 332 g/mol. The van der Waals surface area contributed by atoms with Gasteiger partial charge in [0.1, 0.15) is 12.4 Å². The van der Waals surface area contributed by atoms with E-state index in [1.165, 1.54) is 22.2 Å². The van der Waals surface area contributed by atoms with Crippen LogP contribution in [0.25, 0.3) is 10.9 Å². The largest absolute Gasteiger partial charge is 0.489 e. The molecule has 1 aromatic heterocycles. The van der Waals surface area contributed by atoms with E-state index < -0.39 is 0 Å². The Balaban J connectivity index is 1.66. The van der Waals surface area contributed by atoms with Crippen molar-refractivity contribution >= 4 is 22.5 Å². The van der Waals surface area contributed by atoms with Gasteiger partial charge in [-0.1, -0.05) is 30.3 Å². The fourth-order valence-corrected chi connectivity index (χ4v) is 3.62. The zero-order valence-corrected chi connectivity index (χ0v) is 15.0. The van der Waals surface area contributed by atoms with Gasteiger partial charge in [0.05, 0.1) is 6.04 Å². The highest BCUT2D eigenvalue weighted by Crippen LogP contribution is 2.35. The lowest BCUT2D eigenvalue weighted by Crippen LogP contribution is -2.30. The molecule has 2 aromatic carbocycles. The first-order chi connectivity index (χ1) is 12.1. The molecule has 2 heterocycles. The molecule has 1 atom stereocenters. The lowest BCUT2D eigenvalue weighted by molar-refractivity contribution is 0.352. The van der Waals surface area contributed by atoms with E-state index in [4.69, 9.17) is 16.3 Å². The molecule has 128 valence electrons. The molecule has 4 heteroatoms. The number of hydrogen-bond donors (Lipinski definition) is 2. The normalized spacial score (nSPS) is 16.6. The minimum atomic E-state index is 0.158. The number of H-pyrrole nitrogens is 1. The SMILES string of the molecule is C=C(C)COc1ccc(C2NCCc3c2[nH]c2ccc(Cl)cc32)cc1. The molecule has 2 N–H and O–H groups in total. The number of nitrogens with one attached hydrogen (secondary N) is 2. The van der Waals surface area contributed by atoms with Gasteiger partial charge >= 0.3 is 0 Å². The van der Waals surface area contributed by atoms with Gasteiger partial charge in [-0.05, 0) is 60.4 Å². The van der Waals surface area contributed by atoms with Crippen molar-refractivity contribution in [2.75, 3.05) is 13.2 Å². The third kappa shape index (κ3) is 3.17. The van der Waals surface area contributed by atoms with E-state index in [0.29, 0.717) is 6.61 Å². The highest BCUT2D eigenvalue weighted by molar-refractivity contribution is 6.31. The second-order valence-corrected chi connectivity index (χ2v) is 7.10. The van der Waals surface area contributed by atoms with Crippen molar-refractivity contribution in [1.82, 2.24) is 10.3 Å². The number of halogens is 1. The van der Waals surface area contributed by atoms with Crippen LogP contribution >= 0.6 is 11.6 Å². The summed E-state index contributed by atoms with van der Waals surface area (Å²) in [6.07, 6.45) is 1.01. The number of aromatic nitrogens is 1. The van der Waals surface area contributed by atoms with Gasteiger partial charge in [0.2, 0.25) is 0 Å². The Morgan fingerprint density at radius 3 is 2.80 bits per heavy atom. The minimum absolute atomic E-state index is 0.158. The van der Waals surface area contributed by atoms with E-state index in [-0.39, 0.29) is 6.04 Å². The Hall–Kier alpha value is -2.23. The van der Waals surface area contributed by atoms with Crippen LogP contribution < -0.4 is 10.1 Å². The molecule has 0 bridgehead atoms. The lowest BCUT2D eigenvalue weighted by Gasteiger charge is -2.25. The van der Waals surface area contributed by atoms with E-state index >= 15 is 0 Å². The molecule has 4 rings (SSSR count). The van der Waals surface area contributed by atoms with E-state index in [9.17, 15) is 0 Å². The highest BCUT2D eigenvalue weighted by Gasteiger charge is 2.25. The van der Waals surface area contributed by atoms with E-state index in [2.05, 4.69) is 41.1 Å². The Bertz CT molecular complexity index is 927. The van der Waals surface area contributed by atoms with Crippen LogP contribution in [0.1, 0.15) is 29.8 Å². The van der Waals surface area contributed by atoms with Crippen molar-refractivity contribution < 1.29 is 4.74 Å². The fraction of sp³-hybridized carbons (Fsp3) is 0.238. The Kier molecular flexibility index (Phi) is 4.28. The summed E-state index contributed by atoms with van der Waals surface area (Å²) in [5.74, 6) is 0.867. The molecule has 1 aliphatic heterocycles. The van der Waals surface area contributed by atoms with Crippen LogP contribution in [0.3, 0.4) is 0 Å². The van der Waals surface area contributed by atoms with Crippen molar-refractivity contribution in [3.8, 4) is 5.75 Å². The summed E-state index contributed by atoms with van der Waals surface area (Å²) in [5, 5.41) is 5.63. The number of hydrogen-bond acceptors (Lipinski definition) is 2. The molecule has 25 heavy (non-hydrogen) atoms. The molecule has 0 aliphatic carbocycles. The smallest absolute Gasteiger partial charge is 0.119 e. The van der Waals surface area contributed by atoms with Gasteiger partial charge in [0.15, 0.2) is 0 Å². The third-order valence-electron chi connectivity index (χ3n) is 4.61. The Morgan fingerprint density at radius 1 is 1.24 bits per heavy atom. The predicted molar refractivity (Wildman–Crippen MR) is 104 cm³/mol. The van der Waals surface area contributed by atoms with Crippen LogP contribution in [0.5, 0.6) is 5.75 Å². The first-order valence-corrected chi connectivity index (χ1v) is 8.90. The second kappa shape index (κ2) is 6.58. The molecule has 0 saturated heterocycles. The van der Waals surface area contributed by atoms with Crippen LogP contribution in [-0.2, 0) is 6.42 Å². The predicted octanol–water partition coefficient (Wildman–Crippen LogP) is 5.01. The number of fused-ring (bicyclic) bond motifs is 3. The molecule has 0 radical (unpaired) electrons. The quantitative estimate of drug-likeness (QED) is 0.647. The van der Waals surface area contributed by atoms with Gasteiger partial charge < -0.3 is 15.0 Å². The van der Waals surface area contributed by atoms with Crippen LogP contribution in [-0.4, -0.2) is 18.1 Å². The monoisotopic (exact) mass is 352 g/mol. The number of benzene rings is 2. The zero-order chi connectivity index (χ0) is 17.4. The minimum Gasteiger partial charge on any atom is -0.489 e. The van der Waals surface area contributed by atoms with Crippen molar-refractivity contribution in [2.24, 2.45) is 0 Å². The van der Waals surface area contributed by atoms with Gasteiger partial charge in [0, 0.05) is 28.2 Å². The van der Waals surface area contributed by atoms with Crippen LogP contribution in [0.15, 0.2) is 54.6 Å². The Labute approximate surface area is 152 Å².